The fraction of sp³-hybridized carbons (Fsp3) is 0.562. The van der Waals surface area contributed by atoms with E-state index in [4.69, 9.17) is 0 Å². The van der Waals surface area contributed by atoms with Crippen LogP contribution in [0.2, 0.25) is 0 Å². The van der Waals surface area contributed by atoms with Crippen LogP contribution in [0, 0.1) is 28.5 Å². The molecule has 1 saturated carbocycles. The maximum atomic E-state index is 13.0. The lowest BCUT2D eigenvalue weighted by molar-refractivity contribution is -0.0686. The lowest BCUT2D eigenvalue weighted by Gasteiger charge is -2.44. The Kier molecular flexibility index (Phi) is 3.64. The van der Waals surface area contributed by atoms with Crippen LogP contribution < -0.4 is 0 Å². The van der Waals surface area contributed by atoms with Crippen molar-refractivity contribution in [2.24, 2.45) is 11.3 Å². The summed E-state index contributed by atoms with van der Waals surface area (Å²) in [4.78, 5) is 0. The molecule has 0 heterocycles. The summed E-state index contributed by atoms with van der Waals surface area (Å²) >= 11 is 0. The minimum absolute atomic E-state index is 0.331. The fourth-order valence-corrected chi connectivity index (χ4v) is 3.01. The topological polar surface area (TPSA) is 44.0 Å². The molecule has 2 nitrogen and oxygen atoms in total. The van der Waals surface area contributed by atoms with Gasteiger partial charge in [0.25, 0.3) is 0 Å². The zero-order valence-electron chi connectivity index (χ0n) is 11.5. The monoisotopic (exact) mass is 261 g/mol. The summed E-state index contributed by atoms with van der Waals surface area (Å²) in [5.74, 6) is 0.272. The molecule has 0 bridgehead atoms. The molecule has 0 radical (unpaired) electrons. The molecule has 1 aliphatic rings. The Bertz CT molecular complexity index is 478. The summed E-state index contributed by atoms with van der Waals surface area (Å²) in [7, 11) is 0. The number of halogens is 1. The first-order chi connectivity index (χ1) is 8.91. The molecule has 3 heteroatoms. The quantitative estimate of drug-likeness (QED) is 0.881. The molecule has 102 valence electrons. The average Bonchev–Trinajstić information content (AvgIpc) is 2.40. The van der Waals surface area contributed by atoms with E-state index in [1.54, 1.807) is 19.1 Å². The van der Waals surface area contributed by atoms with Gasteiger partial charge in [0.15, 0.2) is 0 Å². The smallest absolute Gasteiger partial charge is 0.123 e. The van der Waals surface area contributed by atoms with Crippen LogP contribution in [0.4, 0.5) is 4.39 Å². The van der Waals surface area contributed by atoms with E-state index in [1.165, 1.54) is 12.1 Å². The van der Waals surface area contributed by atoms with Crippen LogP contribution >= 0.6 is 0 Å². The van der Waals surface area contributed by atoms with Gasteiger partial charge in [-0.2, -0.15) is 5.26 Å². The molecular formula is C16H20FNO. The van der Waals surface area contributed by atoms with Crippen molar-refractivity contribution in [1.82, 2.24) is 0 Å². The molecule has 1 aromatic carbocycles. The van der Waals surface area contributed by atoms with Crippen molar-refractivity contribution in [2.75, 3.05) is 0 Å². The molecule has 19 heavy (non-hydrogen) atoms. The van der Waals surface area contributed by atoms with Crippen molar-refractivity contribution in [3.8, 4) is 6.07 Å². The van der Waals surface area contributed by atoms with Crippen molar-refractivity contribution < 1.29 is 9.50 Å². The van der Waals surface area contributed by atoms with Crippen LogP contribution in [-0.2, 0) is 5.60 Å². The number of benzene rings is 1. The van der Waals surface area contributed by atoms with Crippen LogP contribution in [0.25, 0.3) is 0 Å². The Morgan fingerprint density at radius 3 is 2.32 bits per heavy atom. The Morgan fingerprint density at radius 2 is 1.84 bits per heavy atom. The third-order valence-corrected chi connectivity index (χ3v) is 4.68. The van der Waals surface area contributed by atoms with Gasteiger partial charge in [-0.05, 0) is 56.2 Å². The highest BCUT2D eigenvalue weighted by Crippen LogP contribution is 2.50. The van der Waals surface area contributed by atoms with Crippen molar-refractivity contribution in [3.05, 3.63) is 35.6 Å². The molecule has 0 saturated heterocycles. The molecule has 0 aromatic heterocycles. The normalized spacial score (nSPS) is 30.4. The van der Waals surface area contributed by atoms with Crippen molar-refractivity contribution in [3.63, 3.8) is 0 Å². The standard InChI is InChI=1S/C16H20FNO/c1-12-7-9-16(11-18,10-8-12)15(2,19)13-3-5-14(17)6-4-13/h3-6,12,19H,7-10H2,1-2H3. The predicted molar refractivity (Wildman–Crippen MR) is 71.6 cm³/mol. The average molecular weight is 261 g/mol. The second-order valence-corrected chi connectivity index (χ2v) is 5.96. The number of hydrogen-bond donors (Lipinski definition) is 1. The summed E-state index contributed by atoms with van der Waals surface area (Å²) < 4.78 is 13.0. The summed E-state index contributed by atoms with van der Waals surface area (Å²) in [5.41, 5.74) is -1.39. The first-order valence-electron chi connectivity index (χ1n) is 6.81. The van der Waals surface area contributed by atoms with Crippen LogP contribution in [0.3, 0.4) is 0 Å². The van der Waals surface area contributed by atoms with Gasteiger partial charge in [0, 0.05) is 0 Å². The van der Waals surface area contributed by atoms with E-state index in [0.29, 0.717) is 24.3 Å². The molecule has 1 fully saturated rings. The third-order valence-electron chi connectivity index (χ3n) is 4.68. The highest BCUT2D eigenvalue weighted by Gasteiger charge is 2.50. The summed E-state index contributed by atoms with van der Waals surface area (Å²) in [6.07, 6.45) is 3.28. The van der Waals surface area contributed by atoms with E-state index >= 15 is 0 Å². The molecule has 1 unspecified atom stereocenters. The van der Waals surface area contributed by atoms with E-state index in [0.717, 1.165) is 12.8 Å². The van der Waals surface area contributed by atoms with Gasteiger partial charge in [0.1, 0.15) is 11.4 Å². The van der Waals surface area contributed by atoms with Crippen LogP contribution in [-0.4, -0.2) is 5.11 Å². The first-order valence-corrected chi connectivity index (χ1v) is 6.81. The fourth-order valence-electron chi connectivity index (χ4n) is 3.01. The van der Waals surface area contributed by atoms with Gasteiger partial charge in [0.2, 0.25) is 0 Å². The SMILES string of the molecule is CC1CCC(C#N)(C(C)(O)c2ccc(F)cc2)CC1. The van der Waals surface area contributed by atoms with E-state index < -0.39 is 11.0 Å². The summed E-state index contributed by atoms with van der Waals surface area (Å²) in [6, 6.07) is 8.17. The molecule has 0 amide bonds. The molecule has 1 atom stereocenters. The van der Waals surface area contributed by atoms with Gasteiger partial charge >= 0.3 is 0 Å². The Morgan fingerprint density at radius 1 is 1.32 bits per heavy atom. The highest BCUT2D eigenvalue weighted by atomic mass is 19.1. The van der Waals surface area contributed by atoms with Crippen molar-refractivity contribution in [1.29, 1.82) is 5.26 Å². The van der Waals surface area contributed by atoms with Gasteiger partial charge in [-0.15, -0.1) is 0 Å². The van der Waals surface area contributed by atoms with Gasteiger partial charge in [0.05, 0.1) is 11.5 Å². The predicted octanol–water partition coefficient (Wildman–Crippen LogP) is 3.75. The van der Waals surface area contributed by atoms with Crippen LogP contribution in [0.15, 0.2) is 24.3 Å². The number of hydrogen-bond acceptors (Lipinski definition) is 2. The molecule has 0 aliphatic heterocycles. The molecule has 1 aromatic rings. The highest BCUT2D eigenvalue weighted by molar-refractivity contribution is 5.29. The first kappa shape index (κ1) is 14.0. The minimum atomic E-state index is -1.24. The molecule has 2 rings (SSSR count). The lowest BCUT2D eigenvalue weighted by Crippen LogP contribution is -2.45. The maximum Gasteiger partial charge on any atom is 0.123 e. The van der Waals surface area contributed by atoms with E-state index in [9.17, 15) is 14.8 Å². The van der Waals surface area contributed by atoms with Gasteiger partial charge in [-0.25, -0.2) is 4.39 Å². The van der Waals surface area contributed by atoms with Crippen LogP contribution in [0.1, 0.15) is 45.1 Å². The molecule has 0 spiro atoms. The lowest BCUT2D eigenvalue weighted by atomic mass is 9.61. The maximum absolute atomic E-state index is 13.0. The Hall–Kier alpha value is -1.40. The number of aliphatic hydroxyl groups is 1. The van der Waals surface area contributed by atoms with Gasteiger partial charge in [-0.1, -0.05) is 19.1 Å². The third kappa shape index (κ3) is 2.37. The molecule has 1 aliphatic carbocycles. The minimum Gasteiger partial charge on any atom is -0.384 e. The van der Waals surface area contributed by atoms with E-state index in [1.807, 2.05) is 0 Å². The van der Waals surface area contributed by atoms with E-state index in [2.05, 4.69) is 13.0 Å². The molecule has 1 N–H and O–H groups in total. The van der Waals surface area contributed by atoms with Gasteiger partial charge < -0.3 is 5.11 Å². The van der Waals surface area contributed by atoms with Crippen molar-refractivity contribution >= 4 is 0 Å². The second-order valence-electron chi connectivity index (χ2n) is 5.96. The zero-order chi connectivity index (χ0) is 14.1. The Balaban J connectivity index is 2.36. The van der Waals surface area contributed by atoms with Crippen molar-refractivity contribution in [2.45, 2.75) is 45.1 Å². The number of rotatable bonds is 2. The summed E-state index contributed by atoms with van der Waals surface area (Å²) in [6.45, 7) is 3.85. The largest absolute Gasteiger partial charge is 0.384 e. The number of nitriles is 1. The Labute approximate surface area is 113 Å². The van der Waals surface area contributed by atoms with Crippen LogP contribution in [0.5, 0.6) is 0 Å². The second kappa shape index (κ2) is 4.94. The number of nitrogens with zero attached hydrogens (tertiary/aromatic N) is 1. The summed E-state index contributed by atoms with van der Waals surface area (Å²) in [5, 5.41) is 20.5. The molecular weight excluding hydrogens is 241 g/mol. The van der Waals surface area contributed by atoms with Gasteiger partial charge in [-0.3, -0.25) is 0 Å². The zero-order valence-corrected chi connectivity index (χ0v) is 11.5. The van der Waals surface area contributed by atoms with E-state index in [-0.39, 0.29) is 5.82 Å².